The van der Waals surface area contributed by atoms with Crippen LogP contribution in [0.5, 0.6) is 0 Å². The van der Waals surface area contributed by atoms with Gasteiger partial charge in [0, 0.05) is 49.4 Å². The van der Waals surface area contributed by atoms with Gasteiger partial charge in [-0.05, 0) is 23.3 Å². The number of carbonyl (C=O) groups excluding carboxylic acids is 2. The number of halogens is 2. The first kappa shape index (κ1) is 23.0. The lowest BCUT2D eigenvalue weighted by molar-refractivity contribution is 0.134. The zero-order valence-electron chi connectivity index (χ0n) is 18.2. The van der Waals surface area contributed by atoms with Crippen molar-refractivity contribution >= 4 is 35.4 Å². The fourth-order valence-electron chi connectivity index (χ4n) is 4.11. The number of nitrogens with zero attached hydrogens (tertiary/aromatic N) is 1. The highest BCUT2D eigenvalue weighted by Crippen LogP contribution is 2.39. The Labute approximate surface area is 201 Å². The van der Waals surface area contributed by atoms with Crippen molar-refractivity contribution in [2.24, 2.45) is 0 Å². The van der Waals surface area contributed by atoms with E-state index in [1.807, 2.05) is 18.2 Å². The lowest BCUT2D eigenvalue weighted by Crippen LogP contribution is -2.21. The van der Waals surface area contributed by atoms with Gasteiger partial charge in [0.1, 0.15) is 13.2 Å². The van der Waals surface area contributed by atoms with Gasteiger partial charge in [0.05, 0.1) is 15.7 Å². The minimum Gasteiger partial charge on any atom is -0.445 e. The molecule has 0 unspecified atom stereocenters. The summed E-state index contributed by atoms with van der Waals surface area (Å²) in [7, 11) is 3.00. The summed E-state index contributed by atoms with van der Waals surface area (Å²) in [6.07, 6.45) is -0.446. The summed E-state index contributed by atoms with van der Waals surface area (Å²) in [4.78, 5) is 23.8. The largest absolute Gasteiger partial charge is 0.445 e. The number of fused-ring (bicyclic) bond motifs is 2. The Balaban J connectivity index is 1.90. The van der Waals surface area contributed by atoms with E-state index in [-0.39, 0.29) is 13.2 Å². The third-order valence-electron chi connectivity index (χ3n) is 5.70. The van der Waals surface area contributed by atoms with E-state index in [2.05, 4.69) is 27.3 Å². The summed E-state index contributed by atoms with van der Waals surface area (Å²) >= 11 is 12.5. The van der Waals surface area contributed by atoms with Crippen LogP contribution in [-0.4, -0.2) is 30.8 Å². The molecule has 2 aromatic carbocycles. The number of amides is 2. The van der Waals surface area contributed by atoms with Crippen molar-refractivity contribution in [3.05, 3.63) is 80.5 Å². The van der Waals surface area contributed by atoms with E-state index in [9.17, 15) is 9.59 Å². The van der Waals surface area contributed by atoms with Crippen LogP contribution in [0.15, 0.2) is 42.5 Å². The topological polar surface area (TPSA) is 81.6 Å². The predicted molar refractivity (Wildman–Crippen MR) is 127 cm³/mol. The summed E-state index contributed by atoms with van der Waals surface area (Å²) in [6.45, 7) is 0.650. The lowest BCUT2D eigenvalue weighted by Gasteiger charge is -2.22. The Hall–Kier alpha value is -3.16. The molecule has 0 saturated carbocycles. The molecule has 4 rings (SSSR count). The van der Waals surface area contributed by atoms with Gasteiger partial charge in [0.25, 0.3) is 0 Å². The average molecular weight is 488 g/mol. The maximum Gasteiger partial charge on any atom is 0.407 e. The molecule has 33 heavy (non-hydrogen) atoms. The Morgan fingerprint density at radius 1 is 0.909 bits per heavy atom. The minimum atomic E-state index is -0.555. The molecule has 2 N–H and O–H groups in total. The Morgan fingerprint density at radius 3 is 2.18 bits per heavy atom. The van der Waals surface area contributed by atoms with E-state index in [0.29, 0.717) is 23.0 Å². The zero-order chi connectivity index (χ0) is 23.5. The molecule has 0 atom stereocenters. The molecule has 172 valence electrons. The van der Waals surface area contributed by atoms with E-state index < -0.39 is 12.2 Å². The number of ether oxygens (including phenoxy) is 2. The van der Waals surface area contributed by atoms with Crippen molar-refractivity contribution in [1.29, 1.82) is 0 Å². The van der Waals surface area contributed by atoms with Crippen LogP contribution in [0.2, 0.25) is 10.0 Å². The fraction of sp³-hybridized carbons (Fsp3) is 0.250. The standard InChI is InChI=1S/C24H23Cl2N3O4/c1-27-23(30)32-12-17-18(13-33-24(31)28-2)22(15-7-8-19(25)20(26)9-15)29-11-16-6-4-3-5-14(16)10-21(17)29/h3-9H,10-13H2,1-2H3,(H,27,30)(H,28,31). The molecule has 0 fully saturated rings. The van der Waals surface area contributed by atoms with Gasteiger partial charge < -0.3 is 24.7 Å². The number of hydrogen-bond acceptors (Lipinski definition) is 4. The molecule has 0 spiro atoms. The summed E-state index contributed by atoms with van der Waals surface area (Å²) < 4.78 is 13.0. The quantitative estimate of drug-likeness (QED) is 0.408. The molecule has 0 bridgehead atoms. The maximum absolute atomic E-state index is 11.9. The molecule has 1 aliphatic rings. The van der Waals surface area contributed by atoms with Crippen molar-refractivity contribution in [3.63, 3.8) is 0 Å². The third kappa shape index (κ3) is 4.65. The van der Waals surface area contributed by atoms with Crippen LogP contribution >= 0.6 is 23.2 Å². The Bertz CT molecular complexity index is 1220. The first-order chi connectivity index (χ1) is 15.9. The third-order valence-corrected chi connectivity index (χ3v) is 6.43. The van der Waals surface area contributed by atoms with Crippen LogP contribution in [0, 0.1) is 0 Å². The molecule has 9 heteroatoms. The number of rotatable bonds is 5. The first-order valence-corrected chi connectivity index (χ1v) is 11.1. The van der Waals surface area contributed by atoms with Crippen LogP contribution in [-0.2, 0) is 35.7 Å². The van der Waals surface area contributed by atoms with E-state index in [4.69, 9.17) is 32.7 Å². The van der Waals surface area contributed by atoms with Gasteiger partial charge in [-0.25, -0.2) is 9.59 Å². The number of hydrogen-bond donors (Lipinski definition) is 2. The summed E-state index contributed by atoms with van der Waals surface area (Å²) in [5, 5.41) is 5.80. The molecule has 1 aliphatic heterocycles. The lowest BCUT2D eigenvalue weighted by atomic mass is 9.97. The number of aromatic nitrogens is 1. The molecule has 2 amide bonds. The Kier molecular flexibility index (Phi) is 6.81. The molecule has 0 saturated heterocycles. The highest BCUT2D eigenvalue weighted by atomic mass is 35.5. The van der Waals surface area contributed by atoms with Crippen molar-refractivity contribution in [3.8, 4) is 11.3 Å². The molecule has 7 nitrogen and oxygen atoms in total. The first-order valence-electron chi connectivity index (χ1n) is 10.4. The van der Waals surface area contributed by atoms with Crippen molar-refractivity contribution in [1.82, 2.24) is 15.2 Å². The molecule has 3 aromatic rings. The predicted octanol–water partition coefficient (Wildman–Crippen LogP) is 5.13. The zero-order valence-corrected chi connectivity index (χ0v) is 19.7. The van der Waals surface area contributed by atoms with Gasteiger partial charge in [-0.2, -0.15) is 0 Å². The second kappa shape index (κ2) is 9.77. The highest BCUT2D eigenvalue weighted by Gasteiger charge is 2.29. The van der Waals surface area contributed by atoms with E-state index in [1.165, 1.54) is 25.2 Å². The summed E-state index contributed by atoms with van der Waals surface area (Å²) in [5.41, 5.74) is 6.61. The normalized spacial score (nSPS) is 11.9. The van der Waals surface area contributed by atoms with Gasteiger partial charge in [-0.1, -0.05) is 53.5 Å². The number of nitrogens with one attached hydrogen (secondary N) is 2. The van der Waals surface area contributed by atoms with Gasteiger partial charge in [0.15, 0.2) is 0 Å². The van der Waals surface area contributed by atoms with Gasteiger partial charge in [-0.3, -0.25) is 0 Å². The molecular formula is C24H23Cl2N3O4. The highest BCUT2D eigenvalue weighted by molar-refractivity contribution is 6.42. The second-order valence-corrected chi connectivity index (χ2v) is 8.38. The molecular weight excluding hydrogens is 465 g/mol. The smallest absolute Gasteiger partial charge is 0.407 e. The van der Waals surface area contributed by atoms with Crippen molar-refractivity contribution in [2.45, 2.75) is 26.2 Å². The molecule has 0 aliphatic carbocycles. The number of alkyl carbamates (subject to hydrolysis) is 2. The minimum absolute atomic E-state index is 0.00195. The SMILES string of the molecule is CNC(=O)OCc1c(COC(=O)NC)c(-c2ccc(Cl)c(Cl)c2)n2c1Cc1ccccc1C2. The van der Waals surface area contributed by atoms with Crippen LogP contribution in [0.25, 0.3) is 11.3 Å². The van der Waals surface area contributed by atoms with E-state index >= 15 is 0 Å². The van der Waals surface area contributed by atoms with Crippen LogP contribution in [0.4, 0.5) is 9.59 Å². The van der Waals surface area contributed by atoms with E-state index in [1.54, 1.807) is 12.1 Å². The summed E-state index contributed by atoms with van der Waals surface area (Å²) in [6, 6.07) is 13.6. The Morgan fingerprint density at radius 2 is 1.55 bits per heavy atom. The maximum atomic E-state index is 11.9. The van der Waals surface area contributed by atoms with Crippen LogP contribution < -0.4 is 10.6 Å². The molecule has 1 aromatic heterocycles. The van der Waals surface area contributed by atoms with Crippen LogP contribution in [0.1, 0.15) is 27.9 Å². The van der Waals surface area contributed by atoms with Crippen molar-refractivity contribution in [2.75, 3.05) is 14.1 Å². The van der Waals surface area contributed by atoms with Gasteiger partial charge in [0.2, 0.25) is 0 Å². The number of carbonyl (C=O) groups is 2. The molecule has 0 radical (unpaired) electrons. The molecule has 2 heterocycles. The second-order valence-electron chi connectivity index (χ2n) is 7.57. The van der Waals surface area contributed by atoms with Crippen LogP contribution in [0.3, 0.4) is 0 Å². The average Bonchev–Trinajstić information content (AvgIpc) is 3.13. The fourth-order valence-corrected chi connectivity index (χ4v) is 4.41. The van der Waals surface area contributed by atoms with E-state index in [0.717, 1.165) is 28.1 Å². The summed E-state index contributed by atoms with van der Waals surface area (Å²) in [5.74, 6) is 0. The van der Waals surface area contributed by atoms with Gasteiger partial charge in [-0.15, -0.1) is 0 Å². The monoisotopic (exact) mass is 487 g/mol. The number of benzene rings is 2. The van der Waals surface area contributed by atoms with Gasteiger partial charge >= 0.3 is 12.2 Å². The van der Waals surface area contributed by atoms with Crippen molar-refractivity contribution < 1.29 is 19.1 Å².